The van der Waals surface area contributed by atoms with Crippen LogP contribution in [0.1, 0.15) is 25.0 Å². The number of benzene rings is 2. The first kappa shape index (κ1) is 15.9. The Kier molecular flexibility index (Phi) is 6.15. The van der Waals surface area contributed by atoms with Crippen LogP contribution in [-0.2, 0) is 0 Å². The van der Waals surface area contributed by atoms with E-state index in [1.807, 2.05) is 18.2 Å². The van der Waals surface area contributed by atoms with Gasteiger partial charge in [-0.25, -0.2) is 0 Å². The Labute approximate surface area is 131 Å². The third-order valence-electron chi connectivity index (χ3n) is 3.68. The third kappa shape index (κ3) is 4.51. The standard InChI is InChI=1S/C18H23NOS/c1-3-19(16-7-5-4-6-8-16)14-13-18(20)15-9-11-17(21-2)12-10-15/h4-12,18,20H,3,13-14H2,1-2H3. The second kappa shape index (κ2) is 8.11. The first-order chi connectivity index (χ1) is 10.2. The molecule has 0 spiro atoms. The van der Waals surface area contributed by atoms with E-state index >= 15 is 0 Å². The summed E-state index contributed by atoms with van der Waals surface area (Å²) in [5.74, 6) is 0. The van der Waals surface area contributed by atoms with E-state index < -0.39 is 6.10 Å². The zero-order valence-corrected chi connectivity index (χ0v) is 13.5. The molecule has 3 heteroatoms. The van der Waals surface area contributed by atoms with Gasteiger partial charge in [0.15, 0.2) is 0 Å². The van der Waals surface area contributed by atoms with Crippen molar-refractivity contribution in [2.45, 2.75) is 24.3 Å². The number of para-hydroxylation sites is 1. The molecule has 1 atom stereocenters. The summed E-state index contributed by atoms with van der Waals surface area (Å²) in [6.07, 6.45) is 2.39. The van der Waals surface area contributed by atoms with Crippen LogP contribution in [0.4, 0.5) is 5.69 Å². The first-order valence-corrected chi connectivity index (χ1v) is 8.59. The van der Waals surface area contributed by atoms with Gasteiger partial charge in [-0.15, -0.1) is 11.8 Å². The number of hydrogen-bond acceptors (Lipinski definition) is 3. The van der Waals surface area contributed by atoms with Gasteiger partial charge in [0.2, 0.25) is 0 Å². The zero-order chi connectivity index (χ0) is 15.1. The maximum absolute atomic E-state index is 10.3. The van der Waals surface area contributed by atoms with E-state index in [0.717, 1.165) is 25.1 Å². The van der Waals surface area contributed by atoms with E-state index in [1.54, 1.807) is 11.8 Å². The molecule has 0 heterocycles. The lowest BCUT2D eigenvalue weighted by atomic mass is 10.1. The Bertz CT molecular complexity index is 527. The molecule has 0 amide bonds. The molecular formula is C18H23NOS. The van der Waals surface area contributed by atoms with E-state index in [-0.39, 0.29) is 0 Å². The van der Waals surface area contributed by atoms with Gasteiger partial charge in [0.1, 0.15) is 0 Å². The summed E-state index contributed by atoms with van der Waals surface area (Å²) in [7, 11) is 0. The van der Waals surface area contributed by atoms with Gasteiger partial charge in [0.05, 0.1) is 6.10 Å². The summed E-state index contributed by atoms with van der Waals surface area (Å²) >= 11 is 1.72. The van der Waals surface area contributed by atoms with Crippen LogP contribution >= 0.6 is 11.8 Å². The van der Waals surface area contributed by atoms with Gasteiger partial charge in [0.25, 0.3) is 0 Å². The van der Waals surface area contributed by atoms with Crippen LogP contribution in [0.15, 0.2) is 59.5 Å². The monoisotopic (exact) mass is 301 g/mol. The minimum Gasteiger partial charge on any atom is -0.388 e. The highest BCUT2D eigenvalue weighted by molar-refractivity contribution is 7.98. The Morgan fingerprint density at radius 3 is 2.29 bits per heavy atom. The van der Waals surface area contributed by atoms with Crippen molar-refractivity contribution in [2.75, 3.05) is 24.2 Å². The largest absolute Gasteiger partial charge is 0.388 e. The molecule has 0 aromatic heterocycles. The van der Waals surface area contributed by atoms with Crippen molar-refractivity contribution in [3.8, 4) is 0 Å². The first-order valence-electron chi connectivity index (χ1n) is 7.36. The lowest BCUT2D eigenvalue weighted by molar-refractivity contribution is 0.169. The molecule has 2 aromatic rings. The molecule has 2 aromatic carbocycles. The highest BCUT2D eigenvalue weighted by atomic mass is 32.2. The molecular weight excluding hydrogens is 278 g/mol. The second-order valence-corrected chi connectivity index (χ2v) is 5.87. The zero-order valence-electron chi connectivity index (χ0n) is 12.7. The summed E-state index contributed by atoms with van der Waals surface area (Å²) in [4.78, 5) is 3.52. The highest BCUT2D eigenvalue weighted by Crippen LogP contribution is 2.22. The van der Waals surface area contributed by atoms with Crippen LogP contribution < -0.4 is 4.90 Å². The van der Waals surface area contributed by atoms with Crippen LogP contribution in [0.3, 0.4) is 0 Å². The molecule has 0 saturated carbocycles. The SMILES string of the molecule is CCN(CCC(O)c1ccc(SC)cc1)c1ccccc1. The summed E-state index contributed by atoms with van der Waals surface area (Å²) < 4.78 is 0. The van der Waals surface area contributed by atoms with Gasteiger partial charge in [-0.1, -0.05) is 30.3 Å². The van der Waals surface area contributed by atoms with Crippen molar-refractivity contribution < 1.29 is 5.11 Å². The Balaban J connectivity index is 1.94. The summed E-state index contributed by atoms with van der Waals surface area (Å²) in [6.45, 7) is 3.95. The number of nitrogens with zero attached hydrogens (tertiary/aromatic N) is 1. The smallest absolute Gasteiger partial charge is 0.0806 e. The molecule has 0 aliphatic carbocycles. The maximum Gasteiger partial charge on any atom is 0.0806 e. The summed E-state index contributed by atoms with van der Waals surface area (Å²) in [5, 5.41) is 10.3. The highest BCUT2D eigenvalue weighted by Gasteiger charge is 2.10. The molecule has 0 aliphatic heterocycles. The van der Waals surface area contributed by atoms with Crippen molar-refractivity contribution in [3.63, 3.8) is 0 Å². The van der Waals surface area contributed by atoms with E-state index in [0.29, 0.717) is 0 Å². The van der Waals surface area contributed by atoms with E-state index in [1.165, 1.54) is 10.6 Å². The van der Waals surface area contributed by atoms with Crippen LogP contribution in [0.2, 0.25) is 0 Å². The second-order valence-electron chi connectivity index (χ2n) is 4.99. The van der Waals surface area contributed by atoms with Gasteiger partial charge in [-0.05, 0) is 49.4 Å². The molecule has 1 unspecified atom stereocenters. The fourth-order valence-corrected chi connectivity index (χ4v) is 2.79. The lowest BCUT2D eigenvalue weighted by Crippen LogP contribution is -2.25. The number of rotatable bonds is 7. The minimum atomic E-state index is -0.404. The van der Waals surface area contributed by atoms with Crippen LogP contribution in [0, 0.1) is 0 Å². The van der Waals surface area contributed by atoms with E-state index in [9.17, 15) is 5.11 Å². The average molecular weight is 301 g/mol. The van der Waals surface area contributed by atoms with Crippen LogP contribution in [0.5, 0.6) is 0 Å². The van der Waals surface area contributed by atoms with Crippen molar-refractivity contribution in [1.29, 1.82) is 0 Å². The molecule has 2 rings (SSSR count). The molecule has 1 N–H and O–H groups in total. The molecule has 0 radical (unpaired) electrons. The number of aliphatic hydroxyl groups excluding tert-OH is 1. The number of anilines is 1. The van der Waals surface area contributed by atoms with Gasteiger partial charge >= 0.3 is 0 Å². The Hall–Kier alpha value is -1.45. The van der Waals surface area contributed by atoms with Crippen molar-refractivity contribution >= 4 is 17.4 Å². The topological polar surface area (TPSA) is 23.5 Å². The van der Waals surface area contributed by atoms with E-state index in [4.69, 9.17) is 0 Å². The average Bonchev–Trinajstić information content (AvgIpc) is 2.56. The Morgan fingerprint density at radius 1 is 1.05 bits per heavy atom. The van der Waals surface area contributed by atoms with Crippen molar-refractivity contribution in [1.82, 2.24) is 0 Å². The lowest BCUT2D eigenvalue weighted by Gasteiger charge is -2.24. The number of hydrogen-bond donors (Lipinski definition) is 1. The molecule has 0 saturated heterocycles. The van der Waals surface area contributed by atoms with Crippen molar-refractivity contribution in [2.24, 2.45) is 0 Å². The fourth-order valence-electron chi connectivity index (χ4n) is 2.38. The molecule has 21 heavy (non-hydrogen) atoms. The van der Waals surface area contributed by atoms with Gasteiger partial charge in [0, 0.05) is 23.7 Å². The van der Waals surface area contributed by atoms with Gasteiger partial charge in [-0.3, -0.25) is 0 Å². The molecule has 2 nitrogen and oxygen atoms in total. The molecule has 112 valence electrons. The normalized spacial score (nSPS) is 12.1. The fraction of sp³-hybridized carbons (Fsp3) is 0.333. The van der Waals surface area contributed by atoms with Crippen LogP contribution in [0.25, 0.3) is 0 Å². The van der Waals surface area contributed by atoms with Crippen molar-refractivity contribution in [3.05, 3.63) is 60.2 Å². The van der Waals surface area contributed by atoms with Gasteiger partial charge < -0.3 is 10.0 Å². The third-order valence-corrected chi connectivity index (χ3v) is 4.42. The molecule has 0 bridgehead atoms. The van der Waals surface area contributed by atoms with Gasteiger partial charge in [-0.2, -0.15) is 0 Å². The predicted molar refractivity (Wildman–Crippen MR) is 92.1 cm³/mol. The maximum atomic E-state index is 10.3. The number of aliphatic hydroxyl groups is 1. The molecule has 0 fully saturated rings. The Morgan fingerprint density at radius 2 is 1.71 bits per heavy atom. The molecule has 0 aliphatic rings. The number of thioether (sulfide) groups is 1. The predicted octanol–water partition coefficient (Wildman–Crippen LogP) is 4.36. The van der Waals surface area contributed by atoms with Crippen LogP contribution in [-0.4, -0.2) is 24.5 Å². The van der Waals surface area contributed by atoms with E-state index in [2.05, 4.69) is 54.5 Å². The minimum absolute atomic E-state index is 0.404. The summed E-state index contributed by atoms with van der Waals surface area (Å²) in [6, 6.07) is 18.5. The quantitative estimate of drug-likeness (QED) is 0.769. The summed E-state index contributed by atoms with van der Waals surface area (Å²) in [5.41, 5.74) is 2.21.